The fourth-order valence-electron chi connectivity index (χ4n) is 8.11. The van der Waals surface area contributed by atoms with Crippen molar-refractivity contribution in [1.29, 1.82) is 0 Å². The Labute approximate surface area is 370 Å². The van der Waals surface area contributed by atoms with Gasteiger partial charge < -0.3 is 9.97 Å². The average molecular weight is 955 g/mol. The van der Waals surface area contributed by atoms with E-state index in [4.69, 9.17) is 0 Å². The van der Waals surface area contributed by atoms with Crippen LogP contribution < -0.4 is 0 Å². The zero-order valence-electron chi connectivity index (χ0n) is 33.2. The molecule has 2 nitrogen and oxygen atoms in total. The maximum absolute atomic E-state index is 4.56. The van der Waals surface area contributed by atoms with E-state index in [1.54, 1.807) is 6.20 Å². The molecule has 0 aliphatic carbocycles. The minimum absolute atomic E-state index is 0. The second kappa shape index (κ2) is 17.9. The van der Waals surface area contributed by atoms with Gasteiger partial charge in [-0.25, -0.2) is 0 Å². The Kier molecular flexibility index (Phi) is 11.5. The van der Waals surface area contributed by atoms with E-state index in [0.717, 1.165) is 33.6 Å². The van der Waals surface area contributed by atoms with Crippen LogP contribution in [0, 0.1) is 12.1 Å². The summed E-state index contributed by atoms with van der Waals surface area (Å²) in [6, 6.07) is 83.6. The summed E-state index contributed by atoms with van der Waals surface area (Å²) in [6.07, 6.45) is 3.62. The van der Waals surface area contributed by atoms with Crippen LogP contribution >= 0.6 is 0 Å². The quantitative estimate of drug-likeness (QED) is 0.155. The molecule has 0 N–H and O–H groups in total. The van der Waals surface area contributed by atoms with Crippen molar-refractivity contribution in [2.75, 3.05) is 0 Å². The van der Waals surface area contributed by atoms with E-state index < -0.39 is 0 Å². The molecule has 2 heterocycles. The molecule has 2 aromatic heterocycles. The average Bonchev–Trinajstić information content (AvgIpc) is 3.34. The number of aromatic nitrogens is 2. The van der Waals surface area contributed by atoms with Gasteiger partial charge in [-0.1, -0.05) is 146 Å². The van der Waals surface area contributed by atoms with Crippen LogP contribution in [0.5, 0.6) is 0 Å². The predicted octanol–water partition coefficient (Wildman–Crippen LogP) is 15.2. The maximum atomic E-state index is 4.56. The van der Waals surface area contributed by atoms with E-state index in [9.17, 15) is 0 Å². The summed E-state index contributed by atoms with van der Waals surface area (Å²) < 4.78 is 0. The maximum Gasteiger partial charge on any atom is 0.0160 e. The van der Waals surface area contributed by atoms with E-state index in [1.807, 2.05) is 72.9 Å². The first-order chi connectivity index (χ1) is 29.7. The fraction of sp³-hybridized carbons (Fsp3) is 0. The Hall–Kier alpha value is -7.29. The van der Waals surface area contributed by atoms with Gasteiger partial charge >= 0.3 is 0 Å². The van der Waals surface area contributed by atoms with E-state index in [0.29, 0.717) is 0 Å². The Bertz CT molecular complexity index is 3220. The van der Waals surface area contributed by atoms with E-state index in [1.165, 1.54) is 65.7 Å². The van der Waals surface area contributed by atoms with Gasteiger partial charge in [-0.2, -0.15) is 0 Å². The molecule has 3 heteroatoms. The smallest absolute Gasteiger partial charge is 0.0160 e. The van der Waals surface area contributed by atoms with Gasteiger partial charge in [-0.3, -0.25) is 0 Å². The standard InChI is InChI=1S/C47H30N.C11H8N.Ir/c1-3-12-34-28-39(23-21-32(34)10-1)42-25-26-44(47-43(18-9-19-45(42)47)40-24-22-33-11-2-4-13-35(33)29-40)38-16-7-14-36(30-38)37-15-8-17-41(31-37)46-20-5-6-27-48-46;1-2-6-10(7-3-1)11-8-4-5-9-12-11;/h1-16,18-31H;1-6,8-9H;/q2*-1;. The molecule has 0 fully saturated rings. The Morgan fingerprint density at radius 2 is 0.852 bits per heavy atom. The molecule has 9 aromatic carbocycles. The molecule has 0 bridgehead atoms. The molecule has 0 amide bonds. The minimum Gasteiger partial charge on any atom is -0.305 e. The fourth-order valence-corrected chi connectivity index (χ4v) is 8.11. The van der Waals surface area contributed by atoms with Crippen molar-refractivity contribution in [3.05, 3.63) is 243 Å². The third-order valence-electron chi connectivity index (χ3n) is 11.1. The summed E-state index contributed by atoms with van der Waals surface area (Å²) in [5.74, 6) is 0. The third kappa shape index (κ3) is 8.31. The number of hydrogen-bond donors (Lipinski definition) is 0. The molecule has 0 aliphatic heterocycles. The van der Waals surface area contributed by atoms with Crippen LogP contribution in [0.25, 0.3) is 99.3 Å². The van der Waals surface area contributed by atoms with Crippen LogP contribution in [0.4, 0.5) is 0 Å². The number of pyridine rings is 2. The van der Waals surface area contributed by atoms with Crippen LogP contribution in [0.15, 0.2) is 231 Å². The van der Waals surface area contributed by atoms with Crippen molar-refractivity contribution in [3.63, 3.8) is 0 Å². The van der Waals surface area contributed by atoms with E-state index in [2.05, 4.69) is 174 Å². The van der Waals surface area contributed by atoms with Crippen molar-refractivity contribution in [1.82, 2.24) is 9.97 Å². The topological polar surface area (TPSA) is 25.8 Å². The summed E-state index contributed by atoms with van der Waals surface area (Å²) >= 11 is 0. The summed E-state index contributed by atoms with van der Waals surface area (Å²) in [5.41, 5.74) is 13.5. The number of benzene rings is 9. The molecule has 11 rings (SSSR count). The summed E-state index contributed by atoms with van der Waals surface area (Å²) in [5, 5.41) is 7.48. The second-order valence-electron chi connectivity index (χ2n) is 14.8. The normalized spacial score (nSPS) is 10.8. The largest absolute Gasteiger partial charge is 0.305 e. The Morgan fingerprint density at radius 1 is 0.311 bits per heavy atom. The molecule has 0 aliphatic rings. The van der Waals surface area contributed by atoms with Crippen molar-refractivity contribution in [2.24, 2.45) is 0 Å². The first-order valence-corrected chi connectivity index (χ1v) is 20.2. The molecule has 0 saturated carbocycles. The van der Waals surface area contributed by atoms with E-state index in [-0.39, 0.29) is 20.1 Å². The second-order valence-corrected chi connectivity index (χ2v) is 14.8. The Morgan fingerprint density at radius 3 is 1.52 bits per heavy atom. The zero-order valence-corrected chi connectivity index (χ0v) is 35.6. The molecule has 0 spiro atoms. The molecule has 11 aromatic rings. The van der Waals surface area contributed by atoms with Gasteiger partial charge in [0.05, 0.1) is 0 Å². The van der Waals surface area contributed by atoms with Crippen molar-refractivity contribution in [3.8, 4) is 67.0 Å². The summed E-state index contributed by atoms with van der Waals surface area (Å²) in [4.78, 5) is 8.78. The molecule has 0 saturated heterocycles. The van der Waals surface area contributed by atoms with Crippen LogP contribution in [-0.4, -0.2) is 9.97 Å². The van der Waals surface area contributed by atoms with Gasteiger partial charge in [-0.15, -0.1) is 71.3 Å². The predicted molar refractivity (Wildman–Crippen MR) is 251 cm³/mol. The van der Waals surface area contributed by atoms with Crippen molar-refractivity contribution < 1.29 is 20.1 Å². The van der Waals surface area contributed by atoms with E-state index >= 15 is 0 Å². The number of fused-ring (bicyclic) bond motifs is 3. The first-order valence-electron chi connectivity index (χ1n) is 20.2. The molecule has 61 heavy (non-hydrogen) atoms. The molecular formula is C58H38IrN2-2. The SMILES string of the molecule is [Ir].[c-]1ccc(-c2cccc(-c3ccc(-c4ccc5ccccc5c4)c4cccc(-c5ccc6ccccc6c5)c34)c2)cc1-c1ccccn1.[c-]1ccccc1-c1ccccn1. The van der Waals surface area contributed by atoms with Crippen LogP contribution in [0.3, 0.4) is 0 Å². The van der Waals surface area contributed by atoms with Gasteiger partial charge in [0.1, 0.15) is 0 Å². The minimum atomic E-state index is 0. The summed E-state index contributed by atoms with van der Waals surface area (Å²) in [6.45, 7) is 0. The van der Waals surface area contributed by atoms with Crippen LogP contribution in [0.1, 0.15) is 0 Å². The van der Waals surface area contributed by atoms with Gasteiger partial charge in [-0.05, 0) is 113 Å². The summed E-state index contributed by atoms with van der Waals surface area (Å²) in [7, 11) is 0. The van der Waals surface area contributed by atoms with Gasteiger partial charge in [0.15, 0.2) is 0 Å². The first kappa shape index (κ1) is 39.2. The molecule has 1 radical (unpaired) electrons. The third-order valence-corrected chi connectivity index (χ3v) is 11.1. The number of nitrogens with zero attached hydrogens (tertiary/aromatic N) is 2. The molecular weight excluding hydrogens is 917 g/mol. The van der Waals surface area contributed by atoms with Crippen LogP contribution in [0.2, 0.25) is 0 Å². The van der Waals surface area contributed by atoms with Gasteiger partial charge in [0.2, 0.25) is 0 Å². The molecule has 291 valence electrons. The van der Waals surface area contributed by atoms with Crippen LogP contribution in [-0.2, 0) is 20.1 Å². The Balaban J connectivity index is 0.000000316. The number of rotatable bonds is 6. The molecule has 0 atom stereocenters. The zero-order chi connectivity index (χ0) is 40.1. The van der Waals surface area contributed by atoms with Crippen molar-refractivity contribution >= 4 is 32.3 Å². The molecule has 0 unspecified atom stereocenters. The number of hydrogen-bond acceptors (Lipinski definition) is 2. The monoisotopic (exact) mass is 955 g/mol. The van der Waals surface area contributed by atoms with Gasteiger partial charge in [0, 0.05) is 32.5 Å². The van der Waals surface area contributed by atoms with Crippen molar-refractivity contribution in [2.45, 2.75) is 0 Å². The van der Waals surface area contributed by atoms with Gasteiger partial charge in [0.25, 0.3) is 0 Å².